The molecule has 3 heterocycles. The Morgan fingerprint density at radius 3 is 2.47 bits per heavy atom. The molecule has 6 aromatic rings. The van der Waals surface area contributed by atoms with Crippen LogP contribution in [0.2, 0.25) is 0 Å². The lowest BCUT2D eigenvalue weighted by atomic mass is 10.2. The Bertz CT molecular complexity index is 1580. The van der Waals surface area contributed by atoms with Gasteiger partial charge in [-0.15, -0.1) is 10.2 Å². The molecule has 34 heavy (non-hydrogen) atoms. The summed E-state index contributed by atoms with van der Waals surface area (Å²) >= 11 is 1.68. The largest absolute Gasteiger partial charge is 0.272 e. The summed E-state index contributed by atoms with van der Waals surface area (Å²) < 4.78 is 4.03. The number of fused-ring (bicyclic) bond motifs is 2. The molecule has 0 saturated heterocycles. The van der Waals surface area contributed by atoms with E-state index in [0.29, 0.717) is 6.54 Å². The van der Waals surface area contributed by atoms with Gasteiger partial charge < -0.3 is 0 Å². The number of aromatic nitrogens is 6. The Morgan fingerprint density at radius 2 is 1.62 bits per heavy atom. The van der Waals surface area contributed by atoms with Gasteiger partial charge in [-0.3, -0.25) is 4.57 Å². The van der Waals surface area contributed by atoms with E-state index in [1.165, 1.54) is 11.1 Å². The van der Waals surface area contributed by atoms with Gasteiger partial charge in [0.1, 0.15) is 6.54 Å². The number of hydrogen-bond donors (Lipinski definition) is 0. The van der Waals surface area contributed by atoms with E-state index >= 15 is 0 Å². The Morgan fingerprint density at radius 1 is 0.824 bits per heavy atom. The van der Waals surface area contributed by atoms with Crippen LogP contribution in [0.5, 0.6) is 0 Å². The molecule has 0 fully saturated rings. The second kappa shape index (κ2) is 8.76. The lowest BCUT2D eigenvalue weighted by Gasteiger charge is -2.11. The van der Waals surface area contributed by atoms with Crippen molar-refractivity contribution in [1.29, 1.82) is 0 Å². The number of hydrogen-bond acceptors (Lipinski definition) is 5. The van der Waals surface area contributed by atoms with E-state index in [1.807, 2.05) is 35.1 Å². The van der Waals surface area contributed by atoms with Gasteiger partial charge >= 0.3 is 0 Å². The fourth-order valence-corrected chi connectivity index (χ4v) is 4.96. The van der Waals surface area contributed by atoms with Crippen molar-refractivity contribution in [2.45, 2.75) is 24.4 Å². The first kappa shape index (κ1) is 20.6. The molecule has 6 rings (SSSR count). The van der Waals surface area contributed by atoms with Crippen molar-refractivity contribution >= 4 is 33.7 Å². The summed E-state index contributed by atoms with van der Waals surface area (Å²) in [7, 11) is 0. The van der Waals surface area contributed by atoms with Crippen molar-refractivity contribution in [1.82, 2.24) is 29.5 Å². The number of nitrogens with zero attached hydrogens (tertiary/aromatic N) is 6. The molecule has 3 aromatic heterocycles. The van der Waals surface area contributed by atoms with E-state index in [1.54, 1.807) is 11.8 Å². The van der Waals surface area contributed by atoms with Gasteiger partial charge in [-0.1, -0.05) is 78.0 Å². The summed E-state index contributed by atoms with van der Waals surface area (Å²) in [6.45, 7) is 2.56. The molecular weight excluding hydrogens is 440 g/mol. The molecule has 7 heteroatoms. The van der Waals surface area contributed by atoms with Crippen LogP contribution >= 0.6 is 11.8 Å². The molecule has 0 spiro atoms. The Balaban J connectivity index is 1.39. The summed E-state index contributed by atoms with van der Waals surface area (Å²) in [6, 6.07) is 29.1. The van der Waals surface area contributed by atoms with Crippen molar-refractivity contribution in [2.75, 3.05) is 0 Å². The van der Waals surface area contributed by atoms with Gasteiger partial charge in [-0.25, -0.2) is 9.67 Å². The monoisotopic (exact) mass is 462 g/mol. The van der Waals surface area contributed by atoms with Gasteiger partial charge in [0.2, 0.25) is 0 Å². The van der Waals surface area contributed by atoms with Gasteiger partial charge in [0, 0.05) is 22.2 Å². The first-order chi connectivity index (χ1) is 16.7. The van der Waals surface area contributed by atoms with E-state index in [0.717, 1.165) is 44.4 Å². The van der Waals surface area contributed by atoms with E-state index in [9.17, 15) is 0 Å². The standard InChI is InChI=1S/C27H22N6S/c1-19-11-13-23(14-12-19)33-25(30-31-27(33)34-18-20-7-3-2-4-8-20)17-32-26-22(16-28-32)15-21-9-5-6-10-24(21)29-26/h2-16H,17-18H2,1H3. The number of para-hydroxylation sites is 1. The van der Waals surface area contributed by atoms with Gasteiger partial charge in [0.15, 0.2) is 16.6 Å². The summed E-state index contributed by atoms with van der Waals surface area (Å²) in [5.41, 5.74) is 5.30. The molecule has 0 saturated carbocycles. The first-order valence-electron chi connectivity index (χ1n) is 11.1. The van der Waals surface area contributed by atoms with Crippen LogP contribution in [0.4, 0.5) is 0 Å². The molecule has 0 amide bonds. The van der Waals surface area contributed by atoms with E-state index in [4.69, 9.17) is 4.98 Å². The molecule has 0 bridgehead atoms. The average Bonchev–Trinajstić information content (AvgIpc) is 3.46. The maximum atomic E-state index is 4.87. The summed E-state index contributed by atoms with van der Waals surface area (Å²) in [6.07, 6.45) is 1.87. The molecule has 0 aliphatic rings. The minimum atomic E-state index is 0.474. The summed E-state index contributed by atoms with van der Waals surface area (Å²) in [5, 5.41) is 16.7. The number of pyridine rings is 1. The van der Waals surface area contributed by atoms with Crippen LogP contribution in [0, 0.1) is 6.92 Å². The van der Waals surface area contributed by atoms with Gasteiger partial charge in [0.05, 0.1) is 11.7 Å². The average molecular weight is 463 g/mol. The maximum absolute atomic E-state index is 4.87. The molecule has 0 N–H and O–H groups in total. The molecule has 0 radical (unpaired) electrons. The highest BCUT2D eigenvalue weighted by Crippen LogP contribution is 2.27. The second-order valence-corrected chi connectivity index (χ2v) is 9.18. The van der Waals surface area contributed by atoms with Crippen LogP contribution in [0.15, 0.2) is 96.3 Å². The molecule has 0 unspecified atom stereocenters. The van der Waals surface area contributed by atoms with Crippen molar-refractivity contribution in [3.05, 3.63) is 108 Å². The normalized spacial score (nSPS) is 11.4. The van der Waals surface area contributed by atoms with Gasteiger partial charge in [-0.05, 0) is 36.8 Å². The maximum Gasteiger partial charge on any atom is 0.196 e. The zero-order chi connectivity index (χ0) is 22.9. The van der Waals surface area contributed by atoms with Crippen LogP contribution in [-0.2, 0) is 12.3 Å². The third kappa shape index (κ3) is 3.95. The predicted octanol–water partition coefficient (Wildman–Crippen LogP) is 5.81. The molecule has 0 aliphatic carbocycles. The molecule has 0 atom stereocenters. The minimum Gasteiger partial charge on any atom is -0.272 e. The molecule has 6 nitrogen and oxygen atoms in total. The summed E-state index contributed by atoms with van der Waals surface area (Å²) in [5.74, 6) is 1.64. The Labute approximate surface area is 201 Å². The fraction of sp³-hybridized carbons (Fsp3) is 0.111. The second-order valence-electron chi connectivity index (χ2n) is 8.24. The third-order valence-corrected chi connectivity index (χ3v) is 6.81. The Hall–Kier alpha value is -3.97. The zero-order valence-corrected chi connectivity index (χ0v) is 19.5. The SMILES string of the molecule is Cc1ccc(-n2c(Cn3ncc4cc5ccccc5nc43)nnc2SCc2ccccc2)cc1. The van der Waals surface area contributed by atoms with Gasteiger partial charge in [-0.2, -0.15) is 5.10 Å². The molecule has 3 aromatic carbocycles. The van der Waals surface area contributed by atoms with Crippen molar-refractivity contribution in [3.8, 4) is 5.69 Å². The minimum absolute atomic E-state index is 0.474. The molecule has 166 valence electrons. The highest BCUT2D eigenvalue weighted by atomic mass is 32.2. The van der Waals surface area contributed by atoms with Crippen molar-refractivity contribution in [3.63, 3.8) is 0 Å². The zero-order valence-electron chi connectivity index (χ0n) is 18.7. The fourth-order valence-electron chi connectivity index (χ4n) is 4.03. The van der Waals surface area contributed by atoms with Crippen LogP contribution in [-0.4, -0.2) is 29.5 Å². The van der Waals surface area contributed by atoms with Crippen LogP contribution in [0.25, 0.3) is 27.6 Å². The number of aryl methyl sites for hydroxylation is 1. The van der Waals surface area contributed by atoms with E-state index in [-0.39, 0.29) is 0 Å². The van der Waals surface area contributed by atoms with Crippen molar-refractivity contribution in [2.24, 2.45) is 0 Å². The highest BCUT2D eigenvalue weighted by molar-refractivity contribution is 7.98. The molecular formula is C27H22N6S. The van der Waals surface area contributed by atoms with Crippen LogP contribution < -0.4 is 0 Å². The molecule has 0 aliphatic heterocycles. The summed E-state index contributed by atoms with van der Waals surface area (Å²) in [4.78, 5) is 4.87. The number of rotatable bonds is 6. The quantitative estimate of drug-likeness (QED) is 0.292. The smallest absolute Gasteiger partial charge is 0.196 e. The number of thioether (sulfide) groups is 1. The number of benzene rings is 3. The van der Waals surface area contributed by atoms with Gasteiger partial charge in [0.25, 0.3) is 0 Å². The van der Waals surface area contributed by atoms with E-state index < -0.39 is 0 Å². The van der Waals surface area contributed by atoms with Crippen LogP contribution in [0.3, 0.4) is 0 Å². The highest BCUT2D eigenvalue weighted by Gasteiger charge is 2.17. The topological polar surface area (TPSA) is 61.4 Å². The first-order valence-corrected chi connectivity index (χ1v) is 12.1. The lowest BCUT2D eigenvalue weighted by molar-refractivity contribution is 0.655. The third-order valence-electron chi connectivity index (χ3n) is 5.81. The van der Waals surface area contributed by atoms with Crippen LogP contribution in [0.1, 0.15) is 17.0 Å². The van der Waals surface area contributed by atoms with Crippen molar-refractivity contribution < 1.29 is 0 Å². The lowest BCUT2D eigenvalue weighted by Crippen LogP contribution is -2.10. The van der Waals surface area contributed by atoms with E-state index in [2.05, 4.69) is 87.5 Å². The predicted molar refractivity (Wildman–Crippen MR) is 136 cm³/mol. The Kier molecular flexibility index (Phi) is 5.31.